The lowest BCUT2D eigenvalue weighted by molar-refractivity contribution is -0.384. The average Bonchev–Trinajstić information content (AvgIpc) is 2.27. The van der Waals surface area contributed by atoms with Crippen LogP contribution in [0.5, 0.6) is 5.75 Å². The first kappa shape index (κ1) is 15.5. The zero-order valence-corrected chi connectivity index (χ0v) is 13.0. The Morgan fingerprint density at radius 3 is 2.28 bits per heavy atom. The Bertz CT molecular complexity index is 443. The van der Waals surface area contributed by atoms with Gasteiger partial charge in [-0.05, 0) is 0 Å². The second-order valence-electron chi connectivity index (χ2n) is 4.58. The van der Waals surface area contributed by atoms with Crippen molar-refractivity contribution in [1.29, 1.82) is 0 Å². The number of halogens is 3. The van der Waals surface area contributed by atoms with Crippen LogP contribution in [0, 0.1) is 15.5 Å². The van der Waals surface area contributed by atoms with Crippen molar-refractivity contribution in [3.63, 3.8) is 0 Å². The third-order valence-corrected chi connectivity index (χ3v) is 4.24. The maximum absolute atomic E-state index is 10.6. The Morgan fingerprint density at radius 1 is 1.39 bits per heavy atom. The Labute approximate surface area is 123 Å². The highest BCUT2D eigenvalue weighted by Gasteiger charge is 2.21. The quantitative estimate of drug-likeness (QED) is 0.436. The fourth-order valence-corrected chi connectivity index (χ4v) is 1.84. The van der Waals surface area contributed by atoms with Crippen LogP contribution in [0.2, 0.25) is 10.0 Å². The van der Waals surface area contributed by atoms with Crippen molar-refractivity contribution in [3.8, 4) is 5.75 Å². The van der Waals surface area contributed by atoms with E-state index in [1.54, 1.807) is 0 Å². The van der Waals surface area contributed by atoms with Crippen LogP contribution in [0.3, 0.4) is 0 Å². The Balaban J connectivity index is 2.94. The van der Waals surface area contributed by atoms with Crippen LogP contribution in [0.25, 0.3) is 0 Å². The molecule has 0 atom stereocenters. The van der Waals surface area contributed by atoms with Crippen LogP contribution >= 0.6 is 39.1 Å². The van der Waals surface area contributed by atoms with Crippen molar-refractivity contribution < 1.29 is 9.66 Å². The second-order valence-corrected chi connectivity index (χ2v) is 5.96. The number of alkyl halides is 1. The summed E-state index contributed by atoms with van der Waals surface area (Å²) in [6, 6.07) is 2.45. The summed E-state index contributed by atoms with van der Waals surface area (Å²) in [4.78, 5) is 10.1. The molecule has 0 N–H and O–H groups in total. The summed E-state index contributed by atoms with van der Waals surface area (Å²) < 4.78 is 5.54. The maximum atomic E-state index is 10.6. The van der Waals surface area contributed by atoms with E-state index in [1.807, 2.05) is 13.8 Å². The molecule has 0 amide bonds. The Hall–Kier alpha value is -0.520. The predicted octanol–water partition coefficient (Wildman–Crippen LogP) is 4.70. The predicted molar refractivity (Wildman–Crippen MR) is 76.2 cm³/mol. The monoisotopic (exact) mass is 355 g/mol. The minimum Gasteiger partial charge on any atom is -0.490 e. The van der Waals surface area contributed by atoms with Crippen LogP contribution in [0.15, 0.2) is 12.1 Å². The van der Waals surface area contributed by atoms with Gasteiger partial charge in [0.05, 0.1) is 21.6 Å². The highest BCUT2D eigenvalue weighted by molar-refractivity contribution is 9.09. The van der Waals surface area contributed by atoms with Gasteiger partial charge >= 0.3 is 0 Å². The molecule has 0 saturated heterocycles. The summed E-state index contributed by atoms with van der Waals surface area (Å²) in [7, 11) is 0. The van der Waals surface area contributed by atoms with Crippen molar-refractivity contribution in [2.75, 3.05) is 11.9 Å². The SMILES string of the molecule is CC(C)(CBr)COc1c(Cl)cc([N+](=O)[O-])cc1Cl. The normalized spacial score (nSPS) is 11.4. The molecule has 0 fully saturated rings. The summed E-state index contributed by atoms with van der Waals surface area (Å²) >= 11 is 15.2. The summed E-state index contributed by atoms with van der Waals surface area (Å²) in [5.41, 5.74) is -0.244. The molecule has 0 radical (unpaired) electrons. The van der Waals surface area contributed by atoms with Gasteiger partial charge in [0, 0.05) is 22.9 Å². The lowest BCUT2D eigenvalue weighted by atomic mass is 9.98. The van der Waals surface area contributed by atoms with Gasteiger partial charge in [0.1, 0.15) is 0 Å². The highest BCUT2D eigenvalue weighted by Crippen LogP contribution is 2.37. The number of nitro benzene ring substituents is 1. The molecule has 0 bridgehead atoms. The van der Waals surface area contributed by atoms with E-state index >= 15 is 0 Å². The molecule has 0 unspecified atom stereocenters. The number of non-ortho nitro benzene ring substituents is 1. The van der Waals surface area contributed by atoms with Crippen LogP contribution in [-0.2, 0) is 0 Å². The first-order valence-electron chi connectivity index (χ1n) is 5.09. The standard InChI is InChI=1S/C11H12BrCl2NO3/c1-11(2,5-12)6-18-10-8(13)3-7(15(16)17)4-9(10)14/h3-4H,5-6H2,1-2H3. The fourth-order valence-electron chi connectivity index (χ4n) is 1.10. The molecule has 0 aromatic heterocycles. The van der Waals surface area contributed by atoms with Gasteiger partial charge in [0.25, 0.3) is 5.69 Å². The summed E-state index contributed by atoms with van der Waals surface area (Å²) in [5.74, 6) is 0.276. The molecule has 0 aliphatic carbocycles. The van der Waals surface area contributed by atoms with E-state index in [-0.39, 0.29) is 26.9 Å². The summed E-state index contributed by atoms with van der Waals surface area (Å²) in [6.45, 7) is 4.42. The largest absolute Gasteiger partial charge is 0.490 e. The molecular weight excluding hydrogens is 345 g/mol. The molecular formula is C11H12BrCl2NO3. The first-order chi connectivity index (χ1) is 8.26. The molecule has 0 aliphatic rings. The molecule has 1 aromatic carbocycles. The van der Waals surface area contributed by atoms with E-state index < -0.39 is 4.92 Å². The molecule has 0 heterocycles. The van der Waals surface area contributed by atoms with Crippen LogP contribution in [0.4, 0.5) is 5.69 Å². The van der Waals surface area contributed by atoms with Crippen LogP contribution in [-0.4, -0.2) is 16.9 Å². The van der Waals surface area contributed by atoms with Crippen molar-refractivity contribution >= 4 is 44.8 Å². The van der Waals surface area contributed by atoms with E-state index in [1.165, 1.54) is 12.1 Å². The van der Waals surface area contributed by atoms with Gasteiger partial charge in [-0.3, -0.25) is 10.1 Å². The molecule has 0 saturated carbocycles. The van der Waals surface area contributed by atoms with Gasteiger partial charge in [0.15, 0.2) is 5.75 Å². The molecule has 100 valence electrons. The van der Waals surface area contributed by atoms with E-state index in [9.17, 15) is 10.1 Å². The number of nitro groups is 1. The number of nitrogens with zero attached hydrogens (tertiary/aromatic N) is 1. The van der Waals surface area contributed by atoms with Crippen molar-refractivity contribution in [2.45, 2.75) is 13.8 Å². The number of ether oxygens (including phenoxy) is 1. The molecule has 7 heteroatoms. The third kappa shape index (κ3) is 4.00. The number of rotatable bonds is 5. The van der Waals surface area contributed by atoms with Gasteiger partial charge in [0.2, 0.25) is 0 Å². The van der Waals surface area contributed by atoms with Crippen LogP contribution in [0.1, 0.15) is 13.8 Å². The maximum Gasteiger partial charge on any atom is 0.272 e. The molecule has 1 aromatic rings. The number of hydrogen-bond donors (Lipinski definition) is 0. The van der Waals surface area contributed by atoms with Crippen LogP contribution < -0.4 is 4.74 Å². The Kier molecular flexibility index (Phi) is 5.25. The molecule has 0 spiro atoms. The Morgan fingerprint density at radius 2 is 1.89 bits per heavy atom. The van der Waals surface area contributed by atoms with Gasteiger partial charge < -0.3 is 4.74 Å². The lowest BCUT2D eigenvalue weighted by Gasteiger charge is -2.22. The topological polar surface area (TPSA) is 52.4 Å². The number of benzene rings is 1. The zero-order valence-electron chi connectivity index (χ0n) is 9.87. The van der Waals surface area contributed by atoms with E-state index in [0.29, 0.717) is 6.61 Å². The minimum atomic E-state index is -0.552. The molecule has 4 nitrogen and oxygen atoms in total. The second kappa shape index (κ2) is 6.08. The lowest BCUT2D eigenvalue weighted by Crippen LogP contribution is -2.23. The molecule has 0 aliphatic heterocycles. The molecule has 18 heavy (non-hydrogen) atoms. The van der Waals surface area contributed by atoms with Gasteiger partial charge in [-0.2, -0.15) is 0 Å². The van der Waals surface area contributed by atoms with Crippen molar-refractivity contribution in [3.05, 3.63) is 32.3 Å². The van der Waals surface area contributed by atoms with Crippen molar-refractivity contribution in [2.24, 2.45) is 5.41 Å². The van der Waals surface area contributed by atoms with Gasteiger partial charge in [-0.25, -0.2) is 0 Å². The van der Waals surface area contributed by atoms with Gasteiger partial charge in [-0.1, -0.05) is 53.0 Å². The van der Waals surface area contributed by atoms with Gasteiger partial charge in [-0.15, -0.1) is 0 Å². The average molecular weight is 357 g/mol. The zero-order chi connectivity index (χ0) is 13.9. The smallest absolute Gasteiger partial charge is 0.272 e. The number of hydrogen-bond acceptors (Lipinski definition) is 3. The third-order valence-electron chi connectivity index (χ3n) is 2.16. The van der Waals surface area contributed by atoms with E-state index in [2.05, 4.69) is 15.9 Å². The van der Waals surface area contributed by atoms with E-state index in [4.69, 9.17) is 27.9 Å². The summed E-state index contributed by atoms with van der Waals surface area (Å²) in [5, 5.41) is 11.7. The highest BCUT2D eigenvalue weighted by atomic mass is 79.9. The molecule has 1 rings (SSSR count). The van der Waals surface area contributed by atoms with E-state index in [0.717, 1.165) is 5.33 Å². The minimum absolute atomic E-state index is 0.0889. The fraction of sp³-hybridized carbons (Fsp3) is 0.455. The first-order valence-corrected chi connectivity index (χ1v) is 6.97. The van der Waals surface area contributed by atoms with Crippen molar-refractivity contribution in [1.82, 2.24) is 0 Å². The summed E-state index contributed by atoms with van der Waals surface area (Å²) in [6.07, 6.45) is 0.